The molecule has 0 saturated carbocycles. The van der Waals surface area contributed by atoms with Crippen molar-refractivity contribution >= 4 is 34.8 Å². The molecular formula is C23H20ClN3O2. The summed E-state index contributed by atoms with van der Waals surface area (Å²) in [6.45, 7) is 1.57. The maximum atomic E-state index is 12.6. The summed E-state index contributed by atoms with van der Waals surface area (Å²) >= 11 is 6.40. The van der Waals surface area contributed by atoms with Crippen LogP contribution in [-0.2, 0) is 4.79 Å². The van der Waals surface area contributed by atoms with E-state index >= 15 is 0 Å². The second-order valence-electron chi connectivity index (χ2n) is 6.84. The number of halogens is 1. The van der Waals surface area contributed by atoms with Crippen molar-refractivity contribution in [1.82, 2.24) is 5.32 Å². The number of hydrogen-bond donors (Lipinski definition) is 2. The first-order chi connectivity index (χ1) is 14.1. The van der Waals surface area contributed by atoms with Crippen LogP contribution in [0.3, 0.4) is 0 Å². The summed E-state index contributed by atoms with van der Waals surface area (Å²) < 4.78 is 0. The smallest absolute Gasteiger partial charge is 0.255 e. The van der Waals surface area contributed by atoms with Crippen molar-refractivity contribution in [3.63, 3.8) is 0 Å². The summed E-state index contributed by atoms with van der Waals surface area (Å²) in [5.41, 5.74) is 4.12. The van der Waals surface area contributed by atoms with Gasteiger partial charge in [-0.05, 0) is 41.5 Å². The third kappa shape index (κ3) is 4.41. The molecule has 2 amide bonds. The van der Waals surface area contributed by atoms with Crippen LogP contribution in [0.5, 0.6) is 0 Å². The fourth-order valence-corrected chi connectivity index (χ4v) is 3.63. The molecule has 29 heavy (non-hydrogen) atoms. The number of amides is 2. The number of carbonyl (C=O) groups excluding carboxylic acids is 2. The first kappa shape index (κ1) is 19.0. The van der Waals surface area contributed by atoms with Crippen LogP contribution in [0.2, 0.25) is 5.02 Å². The Bertz CT molecular complexity index is 1040. The van der Waals surface area contributed by atoms with Crippen molar-refractivity contribution in [3.05, 3.63) is 83.4 Å². The first-order valence-electron chi connectivity index (χ1n) is 9.38. The number of nitrogens with one attached hydrogen (secondary N) is 2. The highest BCUT2D eigenvalue weighted by Crippen LogP contribution is 2.29. The molecule has 4 rings (SSSR count). The van der Waals surface area contributed by atoms with Gasteiger partial charge in [0.25, 0.3) is 5.91 Å². The van der Waals surface area contributed by atoms with E-state index in [1.165, 1.54) is 0 Å². The van der Waals surface area contributed by atoms with Crippen molar-refractivity contribution in [1.29, 1.82) is 0 Å². The second kappa shape index (κ2) is 8.37. The fraction of sp³-hybridized carbons (Fsp3) is 0.130. The van der Waals surface area contributed by atoms with Gasteiger partial charge in [0.2, 0.25) is 5.91 Å². The van der Waals surface area contributed by atoms with E-state index < -0.39 is 0 Å². The quantitative estimate of drug-likeness (QED) is 0.684. The van der Waals surface area contributed by atoms with Crippen LogP contribution in [-0.4, -0.2) is 31.4 Å². The Balaban J connectivity index is 1.45. The molecule has 0 radical (unpaired) electrons. The second-order valence-corrected chi connectivity index (χ2v) is 7.24. The van der Waals surface area contributed by atoms with Gasteiger partial charge in [0.05, 0.1) is 17.3 Å². The zero-order chi connectivity index (χ0) is 20.2. The Labute approximate surface area is 174 Å². The summed E-state index contributed by atoms with van der Waals surface area (Å²) in [4.78, 5) is 26.1. The van der Waals surface area contributed by atoms with E-state index in [4.69, 9.17) is 11.6 Å². The molecule has 1 aliphatic rings. The van der Waals surface area contributed by atoms with E-state index in [0.29, 0.717) is 29.4 Å². The van der Waals surface area contributed by atoms with Crippen LogP contribution in [0.4, 0.5) is 11.4 Å². The average molecular weight is 406 g/mol. The lowest BCUT2D eigenvalue weighted by Gasteiger charge is -2.29. The molecule has 0 atom stereocenters. The predicted molar refractivity (Wildman–Crippen MR) is 117 cm³/mol. The fourth-order valence-electron chi connectivity index (χ4n) is 3.33. The standard InChI is InChI=1S/C23H20ClN3O2/c24-20-14-19(10-11-21(20)27-13-12-25-22(28)15-27)26-23(29)18-8-6-17(7-9-18)16-4-2-1-3-5-16/h1-11,14H,12-13,15H2,(H,25,28)(H,26,29). The van der Waals surface area contributed by atoms with Gasteiger partial charge in [0.15, 0.2) is 0 Å². The van der Waals surface area contributed by atoms with Crippen molar-refractivity contribution in [3.8, 4) is 11.1 Å². The lowest BCUT2D eigenvalue weighted by Crippen LogP contribution is -2.47. The zero-order valence-corrected chi connectivity index (χ0v) is 16.4. The Kier molecular flexibility index (Phi) is 5.49. The van der Waals surface area contributed by atoms with Crippen LogP contribution < -0.4 is 15.5 Å². The molecule has 0 spiro atoms. The highest BCUT2D eigenvalue weighted by atomic mass is 35.5. The topological polar surface area (TPSA) is 61.4 Å². The van der Waals surface area contributed by atoms with Gasteiger partial charge >= 0.3 is 0 Å². The number of benzene rings is 3. The van der Waals surface area contributed by atoms with Gasteiger partial charge < -0.3 is 15.5 Å². The van der Waals surface area contributed by atoms with E-state index in [1.807, 2.05) is 53.4 Å². The average Bonchev–Trinajstić information content (AvgIpc) is 2.74. The molecule has 5 nitrogen and oxygen atoms in total. The third-order valence-electron chi connectivity index (χ3n) is 4.84. The van der Waals surface area contributed by atoms with Crippen LogP contribution in [0, 0.1) is 0 Å². The molecule has 146 valence electrons. The van der Waals surface area contributed by atoms with Gasteiger partial charge in [0.1, 0.15) is 0 Å². The molecule has 6 heteroatoms. The number of rotatable bonds is 4. The molecule has 1 fully saturated rings. The van der Waals surface area contributed by atoms with Crippen LogP contribution in [0.25, 0.3) is 11.1 Å². The largest absolute Gasteiger partial charge is 0.359 e. The lowest BCUT2D eigenvalue weighted by molar-refractivity contribution is -0.120. The maximum Gasteiger partial charge on any atom is 0.255 e. The van der Waals surface area contributed by atoms with Crippen LogP contribution in [0.15, 0.2) is 72.8 Å². The lowest BCUT2D eigenvalue weighted by atomic mass is 10.0. The Morgan fingerprint density at radius 3 is 2.38 bits per heavy atom. The van der Waals surface area contributed by atoms with Gasteiger partial charge in [0, 0.05) is 24.3 Å². The normalized spacial score (nSPS) is 13.7. The Morgan fingerprint density at radius 1 is 0.966 bits per heavy atom. The zero-order valence-electron chi connectivity index (χ0n) is 15.7. The number of piperazine rings is 1. The van der Waals surface area contributed by atoms with Crippen molar-refractivity contribution in [2.75, 3.05) is 29.9 Å². The summed E-state index contributed by atoms with van der Waals surface area (Å²) in [6.07, 6.45) is 0. The monoisotopic (exact) mass is 405 g/mol. The minimum Gasteiger partial charge on any atom is -0.359 e. The molecule has 0 unspecified atom stereocenters. The van der Waals surface area contributed by atoms with E-state index in [0.717, 1.165) is 16.8 Å². The summed E-state index contributed by atoms with van der Waals surface area (Å²) in [7, 11) is 0. The molecule has 3 aromatic rings. The van der Waals surface area contributed by atoms with Gasteiger partial charge in [-0.15, -0.1) is 0 Å². The van der Waals surface area contributed by atoms with Crippen molar-refractivity contribution < 1.29 is 9.59 Å². The highest BCUT2D eigenvalue weighted by molar-refractivity contribution is 6.33. The van der Waals surface area contributed by atoms with Crippen LogP contribution >= 0.6 is 11.6 Å². The molecule has 0 aromatic heterocycles. The number of nitrogens with zero attached hydrogens (tertiary/aromatic N) is 1. The Hall–Kier alpha value is -3.31. The summed E-state index contributed by atoms with van der Waals surface area (Å²) in [5.74, 6) is -0.227. The molecule has 1 aliphatic heterocycles. The summed E-state index contributed by atoms with van der Waals surface area (Å²) in [5, 5.41) is 6.16. The van der Waals surface area contributed by atoms with Gasteiger partial charge in [-0.25, -0.2) is 0 Å². The first-order valence-corrected chi connectivity index (χ1v) is 9.76. The minimum atomic E-state index is -0.203. The Morgan fingerprint density at radius 2 is 1.69 bits per heavy atom. The van der Waals surface area contributed by atoms with Crippen molar-refractivity contribution in [2.45, 2.75) is 0 Å². The van der Waals surface area contributed by atoms with Gasteiger partial charge in [-0.2, -0.15) is 0 Å². The number of anilines is 2. The van der Waals surface area contributed by atoms with E-state index in [-0.39, 0.29) is 18.4 Å². The molecule has 1 saturated heterocycles. The predicted octanol–water partition coefficient (Wildman–Crippen LogP) is 4.20. The molecule has 0 aliphatic carbocycles. The van der Waals surface area contributed by atoms with Crippen LogP contribution in [0.1, 0.15) is 10.4 Å². The number of carbonyl (C=O) groups is 2. The maximum absolute atomic E-state index is 12.6. The molecule has 2 N–H and O–H groups in total. The number of hydrogen-bond acceptors (Lipinski definition) is 3. The molecule has 3 aromatic carbocycles. The van der Waals surface area contributed by atoms with E-state index in [2.05, 4.69) is 10.6 Å². The molecule has 1 heterocycles. The third-order valence-corrected chi connectivity index (χ3v) is 5.14. The van der Waals surface area contributed by atoms with Gasteiger partial charge in [-0.1, -0.05) is 54.1 Å². The van der Waals surface area contributed by atoms with E-state index in [1.54, 1.807) is 24.3 Å². The highest BCUT2D eigenvalue weighted by Gasteiger charge is 2.19. The minimum absolute atomic E-state index is 0.0244. The summed E-state index contributed by atoms with van der Waals surface area (Å²) in [6, 6.07) is 22.8. The molecule has 0 bridgehead atoms. The molecular weight excluding hydrogens is 386 g/mol. The SMILES string of the molecule is O=C1CN(c2ccc(NC(=O)c3ccc(-c4ccccc4)cc3)cc2Cl)CCN1. The van der Waals surface area contributed by atoms with Crippen molar-refractivity contribution in [2.24, 2.45) is 0 Å². The van der Waals surface area contributed by atoms with Gasteiger partial charge in [-0.3, -0.25) is 9.59 Å². The van der Waals surface area contributed by atoms with E-state index in [9.17, 15) is 9.59 Å².